The number of rotatable bonds is 9. The number of sulfonamides is 1. The quantitative estimate of drug-likeness (QED) is 0.538. The molecule has 1 N–H and O–H groups in total. The highest BCUT2D eigenvalue weighted by Crippen LogP contribution is 2.32. The SMILES string of the molecule is Cc1cc(C)c(S(=O)(=O)N(C)[C@@H](C)[C@H](OC(=O)[C@H](C)[C@H](O)C(C)C)c2ccccc2)c(C)c1. The molecule has 2 aromatic carbocycles. The molecule has 0 bridgehead atoms. The third-order valence-corrected chi connectivity index (χ3v) is 8.44. The van der Waals surface area contributed by atoms with Crippen molar-refractivity contribution < 1.29 is 23.1 Å². The number of esters is 1. The van der Waals surface area contributed by atoms with E-state index in [1.165, 1.54) is 11.4 Å². The van der Waals surface area contributed by atoms with Gasteiger partial charge in [0.05, 0.1) is 23.0 Å². The predicted octanol–water partition coefficient (Wildman–Crippen LogP) is 4.56. The zero-order valence-electron chi connectivity index (χ0n) is 20.9. The standard InChI is InChI=1S/C26H37NO5S/c1-16(2)23(28)20(6)26(29)32-24(22-12-10-9-11-13-22)21(7)27(8)33(30,31)25-18(4)14-17(3)15-19(25)5/h9-16,20-21,23-24,28H,1-8H3/t20-,21+,23-,24+/m1/s1. The molecular weight excluding hydrogens is 438 g/mol. The van der Waals surface area contributed by atoms with Crippen molar-refractivity contribution in [2.24, 2.45) is 11.8 Å². The van der Waals surface area contributed by atoms with E-state index in [0.29, 0.717) is 16.7 Å². The number of ether oxygens (including phenoxy) is 1. The van der Waals surface area contributed by atoms with E-state index in [1.807, 2.05) is 51.1 Å². The monoisotopic (exact) mass is 475 g/mol. The van der Waals surface area contributed by atoms with E-state index in [1.54, 1.807) is 39.8 Å². The van der Waals surface area contributed by atoms with Gasteiger partial charge >= 0.3 is 5.97 Å². The van der Waals surface area contributed by atoms with Crippen LogP contribution in [-0.2, 0) is 19.6 Å². The maximum absolute atomic E-state index is 13.6. The molecule has 33 heavy (non-hydrogen) atoms. The van der Waals surface area contributed by atoms with Crippen LogP contribution < -0.4 is 0 Å². The highest BCUT2D eigenvalue weighted by Gasteiger charge is 2.37. The van der Waals surface area contributed by atoms with Crippen LogP contribution in [0.5, 0.6) is 0 Å². The normalized spacial score (nSPS) is 15.8. The maximum atomic E-state index is 13.6. The van der Waals surface area contributed by atoms with E-state index in [2.05, 4.69) is 0 Å². The van der Waals surface area contributed by atoms with Gasteiger partial charge in [-0.05, 0) is 57.2 Å². The minimum absolute atomic E-state index is 0.115. The average molecular weight is 476 g/mol. The van der Waals surface area contributed by atoms with Gasteiger partial charge in [-0.2, -0.15) is 4.31 Å². The lowest BCUT2D eigenvalue weighted by molar-refractivity contribution is -0.161. The van der Waals surface area contributed by atoms with Crippen LogP contribution >= 0.6 is 0 Å². The second kappa shape index (κ2) is 10.8. The maximum Gasteiger partial charge on any atom is 0.311 e. The number of likely N-dealkylation sites (N-methyl/N-ethyl adjacent to an activating group) is 1. The summed E-state index contributed by atoms with van der Waals surface area (Å²) in [7, 11) is -2.35. The van der Waals surface area contributed by atoms with Crippen molar-refractivity contribution in [2.45, 2.75) is 71.6 Å². The zero-order valence-corrected chi connectivity index (χ0v) is 21.7. The molecule has 7 heteroatoms. The van der Waals surface area contributed by atoms with Crippen LogP contribution in [0.1, 0.15) is 56.1 Å². The molecule has 2 rings (SSSR count). The Kier molecular flexibility index (Phi) is 8.85. The number of aliphatic hydroxyl groups is 1. The van der Waals surface area contributed by atoms with Crippen LogP contribution in [0.3, 0.4) is 0 Å². The molecule has 0 amide bonds. The molecule has 4 atom stereocenters. The van der Waals surface area contributed by atoms with Gasteiger partial charge in [0.2, 0.25) is 10.0 Å². The highest BCUT2D eigenvalue weighted by molar-refractivity contribution is 7.89. The lowest BCUT2D eigenvalue weighted by atomic mass is 9.95. The fourth-order valence-corrected chi connectivity index (χ4v) is 5.93. The summed E-state index contributed by atoms with van der Waals surface area (Å²) in [6, 6.07) is 12.1. The summed E-state index contributed by atoms with van der Waals surface area (Å²) in [5.74, 6) is -1.42. The first-order chi connectivity index (χ1) is 15.3. The largest absolute Gasteiger partial charge is 0.455 e. The van der Waals surface area contributed by atoms with Crippen molar-refractivity contribution in [2.75, 3.05) is 7.05 Å². The number of nitrogens with zero attached hydrogens (tertiary/aromatic N) is 1. The van der Waals surface area contributed by atoms with Gasteiger partial charge in [-0.15, -0.1) is 0 Å². The lowest BCUT2D eigenvalue weighted by Gasteiger charge is -2.33. The van der Waals surface area contributed by atoms with Crippen LogP contribution in [0, 0.1) is 32.6 Å². The Bertz CT molecular complexity index is 1040. The van der Waals surface area contributed by atoms with Gasteiger partial charge in [-0.1, -0.05) is 61.9 Å². The summed E-state index contributed by atoms with van der Waals surface area (Å²) in [6.45, 7) is 12.5. The van der Waals surface area contributed by atoms with E-state index in [0.717, 1.165) is 5.56 Å². The third kappa shape index (κ3) is 6.02. The average Bonchev–Trinajstić information content (AvgIpc) is 2.74. The number of aliphatic hydroxyl groups excluding tert-OH is 1. The molecule has 0 aliphatic heterocycles. The van der Waals surface area contributed by atoms with Crippen LogP contribution in [0.2, 0.25) is 0 Å². The topological polar surface area (TPSA) is 83.9 Å². The van der Waals surface area contributed by atoms with Gasteiger partial charge in [-0.3, -0.25) is 4.79 Å². The Morgan fingerprint density at radius 1 is 0.970 bits per heavy atom. The van der Waals surface area contributed by atoms with Crippen molar-refractivity contribution in [3.63, 3.8) is 0 Å². The Morgan fingerprint density at radius 3 is 1.97 bits per heavy atom. The predicted molar refractivity (Wildman–Crippen MR) is 130 cm³/mol. The number of benzene rings is 2. The highest BCUT2D eigenvalue weighted by atomic mass is 32.2. The molecule has 182 valence electrons. The summed E-state index contributed by atoms with van der Waals surface area (Å²) < 4.78 is 34.4. The van der Waals surface area contributed by atoms with Crippen molar-refractivity contribution in [1.82, 2.24) is 4.31 Å². The molecule has 0 fully saturated rings. The Hall–Kier alpha value is -2.22. The van der Waals surface area contributed by atoms with Crippen LogP contribution in [0.15, 0.2) is 47.4 Å². The molecule has 0 aliphatic carbocycles. The lowest BCUT2D eigenvalue weighted by Crippen LogP contribution is -2.42. The number of aryl methyl sites for hydroxylation is 3. The van der Waals surface area contributed by atoms with Gasteiger partial charge in [-0.25, -0.2) is 8.42 Å². The van der Waals surface area contributed by atoms with E-state index in [4.69, 9.17) is 4.74 Å². The van der Waals surface area contributed by atoms with Gasteiger partial charge in [0, 0.05) is 7.05 Å². The first kappa shape index (κ1) is 27.0. The molecule has 2 aromatic rings. The minimum Gasteiger partial charge on any atom is -0.455 e. The van der Waals surface area contributed by atoms with E-state index in [9.17, 15) is 18.3 Å². The molecule has 0 heterocycles. The van der Waals surface area contributed by atoms with Gasteiger partial charge in [0.15, 0.2) is 0 Å². The van der Waals surface area contributed by atoms with Crippen molar-refractivity contribution in [3.05, 3.63) is 64.7 Å². The Balaban J connectivity index is 2.44. The van der Waals surface area contributed by atoms with E-state index >= 15 is 0 Å². The van der Waals surface area contributed by atoms with Gasteiger partial charge < -0.3 is 9.84 Å². The molecule has 0 saturated carbocycles. The number of hydrogen-bond donors (Lipinski definition) is 1. The first-order valence-electron chi connectivity index (χ1n) is 11.3. The van der Waals surface area contributed by atoms with E-state index < -0.39 is 40.2 Å². The first-order valence-corrected chi connectivity index (χ1v) is 12.7. The zero-order chi connectivity index (χ0) is 25.1. The van der Waals surface area contributed by atoms with Crippen LogP contribution in [-0.4, -0.2) is 43.0 Å². The molecule has 0 saturated heterocycles. The second-order valence-corrected chi connectivity index (χ2v) is 11.2. The Labute approximate surface area is 198 Å². The van der Waals surface area contributed by atoms with Crippen molar-refractivity contribution >= 4 is 16.0 Å². The number of carbonyl (C=O) groups excluding carboxylic acids is 1. The number of hydrogen-bond acceptors (Lipinski definition) is 5. The Morgan fingerprint density at radius 2 is 1.48 bits per heavy atom. The summed E-state index contributed by atoms with van der Waals surface area (Å²) in [4.78, 5) is 13.2. The molecule has 0 aliphatic rings. The molecule has 6 nitrogen and oxygen atoms in total. The van der Waals surface area contributed by atoms with Gasteiger partial charge in [0.1, 0.15) is 6.10 Å². The second-order valence-electron chi connectivity index (χ2n) is 9.28. The molecule has 0 aromatic heterocycles. The van der Waals surface area contributed by atoms with Gasteiger partial charge in [0.25, 0.3) is 0 Å². The van der Waals surface area contributed by atoms with Crippen LogP contribution in [0.4, 0.5) is 0 Å². The van der Waals surface area contributed by atoms with Crippen molar-refractivity contribution in [3.8, 4) is 0 Å². The summed E-state index contributed by atoms with van der Waals surface area (Å²) >= 11 is 0. The summed E-state index contributed by atoms with van der Waals surface area (Å²) in [5, 5.41) is 10.4. The van der Waals surface area contributed by atoms with Crippen LogP contribution in [0.25, 0.3) is 0 Å². The van der Waals surface area contributed by atoms with Crippen molar-refractivity contribution in [1.29, 1.82) is 0 Å². The molecular formula is C26H37NO5S. The third-order valence-electron chi connectivity index (χ3n) is 6.19. The van der Waals surface area contributed by atoms with E-state index in [-0.39, 0.29) is 10.8 Å². The molecule has 0 spiro atoms. The summed E-state index contributed by atoms with van der Waals surface area (Å²) in [6.07, 6.45) is -1.70. The molecule has 0 radical (unpaired) electrons. The number of carbonyl (C=O) groups is 1. The summed E-state index contributed by atoms with van der Waals surface area (Å²) in [5.41, 5.74) is 3.03. The molecule has 0 unspecified atom stereocenters. The fourth-order valence-electron chi connectivity index (χ4n) is 4.16. The minimum atomic E-state index is -3.86. The fraction of sp³-hybridized carbons (Fsp3) is 0.500. The smallest absolute Gasteiger partial charge is 0.311 e.